The van der Waals surface area contributed by atoms with E-state index < -0.39 is 34.4 Å². The Morgan fingerprint density at radius 1 is 1.48 bits per heavy atom. The van der Waals surface area contributed by atoms with Gasteiger partial charge in [0.25, 0.3) is 5.69 Å². The van der Waals surface area contributed by atoms with Crippen molar-refractivity contribution < 1.29 is 28.0 Å². The maximum absolute atomic E-state index is 12.5. The van der Waals surface area contributed by atoms with Crippen molar-refractivity contribution in [2.75, 3.05) is 5.32 Å². The van der Waals surface area contributed by atoms with Gasteiger partial charge in [0.15, 0.2) is 0 Å². The van der Waals surface area contributed by atoms with E-state index in [0.717, 1.165) is 6.07 Å². The van der Waals surface area contributed by atoms with Crippen LogP contribution in [0.15, 0.2) is 18.2 Å². The number of carbonyl (C=O) groups is 1. The third-order valence-electron chi connectivity index (χ3n) is 2.73. The number of rotatable bonds is 6. The van der Waals surface area contributed by atoms with E-state index in [4.69, 9.17) is 5.11 Å². The lowest BCUT2D eigenvalue weighted by Crippen LogP contribution is -2.29. The molecular weight excluding hydrogens is 293 g/mol. The minimum atomic E-state index is -4.71. The summed E-state index contributed by atoms with van der Waals surface area (Å²) in [7, 11) is 0. The molecule has 1 rings (SSSR count). The largest absolute Gasteiger partial charge is 0.480 e. The van der Waals surface area contributed by atoms with Gasteiger partial charge in [0.05, 0.1) is 10.5 Å². The first kappa shape index (κ1) is 16.7. The molecule has 1 unspecified atom stereocenters. The molecule has 0 aliphatic heterocycles. The highest BCUT2D eigenvalue weighted by Crippen LogP contribution is 2.35. The van der Waals surface area contributed by atoms with Gasteiger partial charge in [-0.3, -0.25) is 10.1 Å². The van der Waals surface area contributed by atoms with Crippen LogP contribution in [0.5, 0.6) is 0 Å². The van der Waals surface area contributed by atoms with Gasteiger partial charge in [-0.15, -0.1) is 0 Å². The Balaban J connectivity index is 3.18. The molecule has 21 heavy (non-hydrogen) atoms. The molecule has 1 aromatic rings. The van der Waals surface area contributed by atoms with E-state index in [1.165, 1.54) is 0 Å². The third-order valence-corrected chi connectivity index (χ3v) is 2.73. The molecule has 0 saturated heterocycles. The number of nitrogens with zero attached hydrogens (tertiary/aromatic N) is 1. The Morgan fingerprint density at radius 3 is 2.52 bits per heavy atom. The number of hydrogen-bond acceptors (Lipinski definition) is 4. The van der Waals surface area contributed by atoms with Crippen LogP contribution in [0.4, 0.5) is 24.5 Å². The Morgan fingerprint density at radius 2 is 2.10 bits per heavy atom. The molecule has 0 bridgehead atoms. The first-order valence-electron chi connectivity index (χ1n) is 6.01. The van der Waals surface area contributed by atoms with Gasteiger partial charge in [0, 0.05) is 6.07 Å². The van der Waals surface area contributed by atoms with Gasteiger partial charge >= 0.3 is 12.1 Å². The molecule has 0 radical (unpaired) electrons. The Hall–Kier alpha value is -2.32. The monoisotopic (exact) mass is 306 g/mol. The number of nitro benzene ring substituents is 1. The normalized spacial score (nSPS) is 12.8. The number of carboxylic acid groups (broad SMARTS) is 1. The van der Waals surface area contributed by atoms with Crippen LogP contribution in [-0.4, -0.2) is 22.0 Å². The SMILES string of the molecule is CCCC(Nc1ccc(C(F)(F)F)cc1[N+](=O)[O-])C(=O)O. The van der Waals surface area contributed by atoms with E-state index in [2.05, 4.69) is 5.32 Å². The quantitative estimate of drug-likeness (QED) is 0.621. The molecule has 0 saturated carbocycles. The summed E-state index contributed by atoms with van der Waals surface area (Å²) in [6.07, 6.45) is -4.02. The van der Waals surface area contributed by atoms with Gasteiger partial charge in [-0.25, -0.2) is 4.79 Å². The fourth-order valence-electron chi connectivity index (χ4n) is 1.71. The first-order valence-corrected chi connectivity index (χ1v) is 6.01. The number of nitrogens with one attached hydrogen (secondary N) is 1. The van der Waals surface area contributed by atoms with Crippen LogP contribution in [0.1, 0.15) is 25.3 Å². The van der Waals surface area contributed by atoms with Crippen LogP contribution in [-0.2, 0) is 11.0 Å². The van der Waals surface area contributed by atoms with E-state index in [1.807, 2.05) is 0 Å². The number of alkyl halides is 3. The topological polar surface area (TPSA) is 92.5 Å². The molecule has 2 N–H and O–H groups in total. The summed E-state index contributed by atoms with van der Waals surface area (Å²) in [6.45, 7) is 1.72. The van der Waals surface area contributed by atoms with Crippen molar-refractivity contribution in [1.29, 1.82) is 0 Å². The molecule has 0 fully saturated rings. The fourth-order valence-corrected chi connectivity index (χ4v) is 1.71. The van der Waals surface area contributed by atoms with E-state index >= 15 is 0 Å². The molecule has 0 aliphatic rings. The Labute approximate surface area is 117 Å². The molecule has 0 aliphatic carbocycles. The van der Waals surface area contributed by atoms with Crippen LogP contribution in [0.25, 0.3) is 0 Å². The molecule has 0 amide bonds. The van der Waals surface area contributed by atoms with Crippen molar-refractivity contribution in [2.24, 2.45) is 0 Å². The second-order valence-corrected chi connectivity index (χ2v) is 4.31. The zero-order valence-electron chi connectivity index (χ0n) is 11.0. The lowest BCUT2D eigenvalue weighted by Gasteiger charge is -2.16. The zero-order valence-corrected chi connectivity index (χ0v) is 11.0. The van der Waals surface area contributed by atoms with E-state index in [1.54, 1.807) is 6.92 Å². The number of halogens is 3. The molecule has 6 nitrogen and oxygen atoms in total. The molecule has 116 valence electrons. The maximum atomic E-state index is 12.5. The number of benzene rings is 1. The van der Waals surface area contributed by atoms with Crippen molar-refractivity contribution in [3.63, 3.8) is 0 Å². The summed E-state index contributed by atoms with van der Waals surface area (Å²) >= 11 is 0. The van der Waals surface area contributed by atoms with Gasteiger partial charge < -0.3 is 10.4 Å². The number of carboxylic acids is 1. The van der Waals surface area contributed by atoms with Crippen LogP contribution in [0, 0.1) is 10.1 Å². The summed E-state index contributed by atoms with van der Waals surface area (Å²) in [6, 6.07) is 0.811. The molecule has 9 heteroatoms. The molecule has 0 spiro atoms. The average Bonchev–Trinajstić information content (AvgIpc) is 2.36. The highest BCUT2D eigenvalue weighted by molar-refractivity contribution is 5.79. The minimum Gasteiger partial charge on any atom is -0.480 e. The van der Waals surface area contributed by atoms with Gasteiger partial charge in [0.2, 0.25) is 0 Å². The highest BCUT2D eigenvalue weighted by Gasteiger charge is 2.33. The number of anilines is 1. The second kappa shape index (κ2) is 6.42. The minimum absolute atomic E-state index is 0.188. The van der Waals surface area contributed by atoms with Crippen molar-refractivity contribution >= 4 is 17.3 Å². The van der Waals surface area contributed by atoms with E-state index in [9.17, 15) is 28.1 Å². The van der Waals surface area contributed by atoms with Crippen LogP contribution >= 0.6 is 0 Å². The predicted molar refractivity (Wildman–Crippen MR) is 68.1 cm³/mol. The van der Waals surface area contributed by atoms with E-state index in [0.29, 0.717) is 18.6 Å². The van der Waals surface area contributed by atoms with Crippen molar-refractivity contribution in [3.8, 4) is 0 Å². The van der Waals surface area contributed by atoms with Crippen molar-refractivity contribution in [2.45, 2.75) is 32.0 Å². The standard InChI is InChI=1S/C12H13F3N2O4/c1-2-3-9(11(18)19)16-8-5-4-7(12(13,14)15)6-10(8)17(20)21/h4-6,9,16H,2-3H2,1H3,(H,18,19). The lowest BCUT2D eigenvalue weighted by molar-refractivity contribution is -0.384. The fraction of sp³-hybridized carbons (Fsp3) is 0.417. The molecule has 0 aromatic heterocycles. The smallest absolute Gasteiger partial charge is 0.416 e. The van der Waals surface area contributed by atoms with Crippen LogP contribution in [0.2, 0.25) is 0 Å². The van der Waals surface area contributed by atoms with Crippen molar-refractivity contribution in [3.05, 3.63) is 33.9 Å². The zero-order chi connectivity index (χ0) is 16.2. The predicted octanol–water partition coefficient (Wildman–Crippen LogP) is 3.28. The number of aliphatic carboxylic acids is 1. The molecule has 0 heterocycles. The summed E-state index contributed by atoms with van der Waals surface area (Å²) in [5, 5.41) is 22.2. The summed E-state index contributed by atoms with van der Waals surface area (Å²) < 4.78 is 37.6. The van der Waals surface area contributed by atoms with Gasteiger partial charge in [-0.05, 0) is 18.6 Å². The first-order chi connectivity index (χ1) is 9.66. The van der Waals surface area contributed by atoms with Gasteiger partial charge in [0.1, 0.15) is 11.7 Å². The second-order valence-electron chi connectivity index (χ2n) is 4.31. The van der Waals surface area contributed by atoms with Crippen LogP contribution in [0.3, 0.4) is 0 Å². The Bertz CT molecular complexity index is 546. The average molecular weight is 306 g/mol. The van der Waals surface area contributed by atoms with Gasteiger partial charge in [-0.1, -0.05) is 13.3 Å². The summed E-state index contributed by atoms with van der Waals surface area (Å²) in [5.74, 6) is -1.23. The summed E-state index contributed by atoms with van der Waals surface area (Å²) in [4.78, 5) is 20.9. The molecular formula is C12H13F3N2O4. The number of hydrogen-bond donors (Lipinski definition) is 2. The maximum Gasteiger partial charge on any atom is 0.416 e. The van der Waals surface area contributed by atoms with Gasteiger partial charge in [-0.2, -0.15) is 13.2 Å². The van der Waals surface area contributed by atoms with Crippen LogP contribution < -0.4 is 5.32 Å². The van der Waals surface area contributed by atoms with E-state index in [-0.39, 0.29) is 12.1 Å². The summed E-state index contributed by atoms with van der Waals surface area (Å²) in [5.41, 5.74) is -2.23. The molecule has 1 atom stereocenters. The lowest BCUT2D eigenvalue weighted by atomic mass is 10.1. The Kier molecular flexibility index (Phi) is 5.12. The molecule has 1 aromatic carbocycles. The number of nitro groups is 1. The third kappa shape index (κ3) is 4.33. The highest BCUT2D eigenvalue weighted by atomic mass is 19.4. The van der Waals surface area contributed by atoms with Crippen molar-refractivity contribution in [1.82, 2.24) is 0 Å².